The standard InChI is InChI=1S/C23H32N6O/c1-24-23(28-12-9-18(17-28)14-19-15-26-27(2)16-19)25-11-5-8-22(30)29-13-10-20-6-3-4-7-21(20)29/h3-4,6-7,15-16,18H,5,8-14,17H2,1-2H3,(H,24,25). The molecule has 0 saturated carbocycles. The van der Waals surface area contributed by atoms with E-state index >= 15 is 0 Å². The summed E-state index contributed by atoms with van der Waals surface area (Å²) in [4.78, 5) is 21.4. The number of hydrogen-bond donors (Lipinski definition) is 1. The first-order valence-electron chi connectivity index (χ1n) is 11.0. The number of carbonyl (C=O) groups excluding carboxylic acids is 1. The summed E-state index contributed by atoms with van der Waals surface area (Å²) in [6, 6.07) is 8.22. The highest BCUT2D eigenvalue weighted by Crippen LogP contribution is 2.28. The summed E-state index contributed by atoms with van der Waals surface area (Å²) >= 11 is 0. The van der Waals surface area contributed by atoms with Gasteiger partial charge in [-0.25, -0.2) is 0 Å². The van der Waals surface area contributed by atoms with E-state index in [-0.39, 0.29) is 5.91 Å². The van der Waals surface area contributed by atoms with Crippen LogP contribution in [0, 0.1) is 5.92 Å². The Bertz CT molecular complexity index is 905. The van der Waals surface area contributed by atoms with Crippen LogP contribution >= 0.6 is 0 Å². The number of hydrogen-bond acceptors (Lipinski definition) is 3. The highest BCUT2D eigenvalue weighted by atomic mass is 16.2. The molecular weight excluding hydrogens is 376 g/mol. The van der Waals surface area contributed by atoms with Gasteiger partial charge in [0, 0.05) is 58.6 Å². The smallest absolute Gasteiger partial charge is 0.227 e. The van der Waals surface area contributed by atoms with Crippen molar-refractivity contribution >= 4 is 17.6 Å². The molecule has 1 fully saturated rings. The average molecular weight is 409 g/mol. The third kappa shape index (κ3) is 4.66. The number of likely N-dealkylation sites (tertiary alicyclic amines) is 1. The minimum absolute atomic E-state index is 0.217. The van der Waals surface area contributed by atoms with Gasteiger partial charge in [-0.3, -0.25) is 14.5 Å². The zero-order valence-corrected chi connectivity index (χ0v) is 18.0. The van der Waals surface area contributed by atoms with E-state index in [1.807, 2.05) is 42.0 Å². The van der Waals surface area contributed by atoms with Crippen LogP contribution < -0.4 is 10.2 Å². The number of fused-ring (bicyclic) bond motifs is 1. The molecule has 0 radical (unpaired) electrons. The van der Waals surface area contributed by atoms with Gasteiger partial charge in [0.05, 0.1) is 6.20 Å². The lowest BCUT2D eigenvalue weighted by atomic mass is 10.0. The van der Waals surface area contributed by atoms with Gasteiger partial charge in [-0.2, -0.15) is 5.10 Å². The zero-order chi connectivity index (χ0) is 20.9. The highest BCUT2D eigenvalue weighted by Gasteiger charge is 2.26. The molecule has 1 unspecified atom stereocenters. The van der Waals surface area contributed by atoms with E-state index in [4.69, 9.17) is 0 Å². The first-order chi connectivity index (χ1) is 14.6. The first kappa shape index (κ1) is 20.4. The van der Waals surface area contributed by atoms with Crippen molar-refractivity contribution in [1.29, 1.82) is 0 Å². The Kier molecular flexibility index (Phi) is 6.35. The molecule has 1 aromatic heterocycles. The maximum atomic E-state index is 12.6. The van der Waals surface area contributed by atoms with Gasteiger partial charge >= 0.3 is 0 Å². The molecule has 1 N–H and O–H groups in total. The summed E-state index contributed by atoms with van der Waals surface area (Å²) in [5, 5.41) is 7.72. The van der Waals surface area contributed by atoms with E-state index in [1.54, 1.807) is 0 Å². The molecule has 2 aromatic rings. The molecule has 2 aliphatic rings. The number of aromatic nitrogens is 2. The third-order valence-electron chi connectivity index (χ3n) is 6.12. The monoisotopic (exact) mass is 408 g/mol. The molecule has 1 saturated heterocycles. The van der Waals surface area contributed by atoms with Crippen molar-refractivity contribution in [2.75, 3.05) is 38.1 Å². The Morgan fingerprint density at radius 3 is 2.97 bits per heavy atom. The normalized spacial score (nSPS) is 18.7. The highest BCUT2D eigenvalue weighted by molar-refractivity contribution is 5.95. The fraction of sp³-hybridized carbons (Fsp3) is 0.522. The van der Waals surface area contributed by atoms with Crippen LogP contribution in [0.25, 0.3) is 0 Å². The SMILES string of the molecule is CN=C(NCCCC(=O)N1CCc2ccccc21)N1CCC(Cc2cnn(C)c2)C1. The van der Waals surface area contributed by atoms with Gasteiger partial charge in [0.15, 0.2) is 5.96 Å². The Hall–Kier alpha value is -2.83. The van der Waals surface area contributed by atoms with Crippen LogP contribution in [0.4, 0.5) is 5.69 Å². The number of aryl methyl sites for hydroxylation is 1. The number of nitrogens with one attached hydrogen (secondary N) is 1. The second-order valence-corrected chi connectivity index (χ2v) is 8.33. The van der Waals surface area contributed by atoms with Crippen molar-refractivity contribution in [3.05, 3.63) is 47.8 Å². The van der Waals surface area contributed by atoms with Crippen molar-refractivity contribution in [3.8, 4) is 0 Å². The lowest BCUT2D eigenvalue weighted by molar-refractivity contribution is -0.118. The molecule has 30 heavy (non-hydrogen) atoms. The predicted octanol–water partition coefficient (Wildman–Crippen LogP) is 2.23. The van der Waals surface area contributed by atoms with E-state index in [9.17, 15) is 4.79 Å². The average Bonchev–Trinajstić information content (AvgIpc) is 3.48. The quantitative estimate of drug-likeness (QED) is 0.452. The molecule has 0 aliphatic carbocycles. The van der Waals surface area contributed by atoms with Crippen LogP contribution in [0.3, 0.4) is 0 Å². The Morgan fingerprint density at radius 1 is 1.30 bits per heavy atom. The van der Waals surface area contributed by atoms with Gasteiger partial charge < -0.3 is 15.1 Å². The number of guanidine groups is 1. The minimum Gasteiger partial charge on any atom is -0.356 e. The minimum atomic E-state index is 0.217. The van der Waals surface area contributed by atoms with E-state index < -0.39 is 0 Å². The zero-order valence-electron chi connectivity index (χ0n) is 18.0. The summed E-state index contributed by atoms with van der Waals surface area (Å²) in [6.07, 6.45) is 8.63. The lowest BCUT2D eigenvalue weighted by Gasteiger charge is -2.22. The van der Waals surface area contributed by atoms with Gasteiger partial charge in [-0.1, -0.05) is 18.2 Å². The van der Waals surface area contributed by atoms with Crippen LogP contribution in [0.15, 0.2) is 41.7 Å². The number of aliphatic imine (C=N–C) groups is 1. The van der Waals surface area contributed by atoms with Crippen LogP contribution in [-0.2, 0) is 24.7 Å². The third-order valence-corrected chi connectivity index (χ3v) is 6.12. The number of rotatable bonds is 6. The summed E-state index contributed by atoms with van der Waals surface area (Å²) in [7, 11) is 3.80. The van der Waals surface area contributed by atoms with Crippen LogP contribution in [0.2, 0.25) is 0 Å². The molecule has 160 valence electrons. The number of para-hydroxylation sites is 1. The molecule has 3 heterocycles. The largest absolute Gasteiger partial charge is 0.356 e. The van der Waals surface area contributed by atoms with E-state index in [0.717, 1.165) is 57.1 Å². The molecule has 1 aromatic carbocycles. The number of anilines is 1. The molecule has 0 bridgehead atoms. The topological polar surface area (TPSA) is 65.8 Å². The lowest BCUT2D eigenvalue weighted by Crippen LogP contribution is -2.40. The number of benzene rings is 1. The van der Waals surface area contributed by atoms with E-state index in [0.29, 0.717) is 12.3 Å². The van der Waals surface area contributed by atoms with Gasteiger partial charge in [-0.15, -0.1) is 0 Å². The molecule has 1 amide bonds. The number of nitrogens with zero attached hydrogens (tertiary/aromatic N) is 5. The summed E-state index contributed by atoms with van der Waals surface area (Å²) in [6.45, 7) is 3.60. The van der Waals surface area contributed by atoms with Crippen molar-refractivity contribution in [3.63, 3.8) is 0 Å². The van der Waals surface area contributed by atoms with Crippen molar-refractivity contribution < 1.29 is 4.79 Å². The summed E-state index contributed by atoms with van der Waals surface area (Å²) in [5.41, 5.74) is 3.66. The van der Waals surface area contributed by atoms with Gasteiger partial charge in [-0.05, 0) is 48.8 Å². The van der Waals surface area contributed by atoms with Crippen LogP contribution in [0.1, 0.15) is 30.4 Å². The molecular formula is C23H32N6O. The predicted molar refractivity (Wildman–Crippen MR) is 120 cm³/mol. The fourth-order valence-electron chi connectivity index (χ4n) is 4.61. The molecule has 7 nitrogen and oxygen atoms in total. The van der Waals surface area contributed by atoms with Gasteiger partial charge in [0.1, 0.15) is 0 Å². The summed E-state index contributed by atoms with van der Waals surface area (Å²) in [5.74, 6) is 1.79. The van der Waals surface area contributed by atoms with E-state index in [2.05, 4.69) is 38.6 Å². The molecule has 4 rings (SSSR count). The van der Waals surface area contributed by atoms with Crippen LogP contribution in [0.5, 0.6) is 0 Å². The molecule has 2 aliphatic heterocycles. The van der Waals surface area contributed by atoms with Crippen molar-refractivity contribution in [1.82, 2.24) is 20.0 Å². The van der Waals surface area contributed by atoms with Crippen molar-refractivity contribution in [2.24, 2.45) is 18.0 Å². The van der Waals surface area contributed by atoms with Gasteiger partial charge in [0.2, 0.25) is 5.91 Å². The Labute approximate surface area is 178 Å². The van der Waals surface area contributed by atoms with Gasteiger partial charge in [0.25, 0.3) is 0 Å². The number of carbonyl (C=O) groups is 1. The van der Waals surface area contributed by atoms with Crippen molar-refractivity contribution in [2.45, 2.75) is 32.1 Å². The molecule has 0 spiro atoms. The number of amides is 1. The maximum absolute atomic E-state index is 12.6. The Morgan fingerprint density at radius 2 is 2.17 bits per heavy atom. The fourth-order valence-corrected chi connectivity index (χ4v) is 4.61. The van der Waals surface area contributed by atoms with Crippen LogP contribution in [-0.4, -0.2) is 59.8 Å². The molecule has 1 atom stereocenters. The Balaban J connectivity index is 1.19. The molecule has 7 heteroatoms. The summed E-state index contributed by atoms with van der Waals surface area (Å²) < 4.78 is 1.87. The second kappa shape index (κ2) is 9.32. The maximum Gasteiger partial charge on any atom is 0.227 e. The van der Waals surface area contributed by atoms with E-state index in [1.165, 1.54) is 17.5 Å². The second-order valence-electron chi connectivity index (χ2n) is 8.33. The first-order valence-corrected chi connectivity index (χ1v) is 11.0.